The first-order valence-electron chi connectivity index (χ1n) is 6.31. The Bertz CT molecular complexity index is 799. The van der Waals surface area contributed by atoms with E-state index in [1.807, 2.05) is 13.0 Å². The van der Waals surface area contributed by atoms with E-state index in [4.69, 9.17) is 18.0 Å². The van der Waals surface area contributed by atoms with Gasteiger partial charge in [0.15, 0.2) is 0 Å². The lowest BCUT2D eigenvalue weighted by atomic mass is 10.1. The van der Waals surface area contributed by atoms with Crippen LogP contribution in [0.1, 0.15) is 16.7 Å². The van der Waals surface area contributed by atoms with Crippen LogP contribution in [0, 0.1) is 13.8 Å². The van der Waals surface area contributed by atoms with Crippen LogP contribution >= 0.6 is 12.2 Å². The summed E-state index contributed by atoms with van der Waals surface area (Å²) in [6, 6.07) is 12.0. The lowest BCUT2D eigenvalue weighted by molar-refractivity contribution is 0.600. The SMILES string of the molecule is Cc1ccccc1S(=O)(=O)Nc1cccc(C)c1C(N)=S. The third-order valence-electron chi connectivity index (χ3n) is 3.15. The quantitative estimate of drug-likeness (QED) is 0.850. The molecule has 0 unspecified atom stereocenters. The van der Waals surface area contributed by atoms with E-state index >= 15 is 0 Å². The van der Waals surface area contributed by atoms with Crippen molar-refractivity contribution >= 4 is 32.9 Å². The van der Waals surface area contributed by atoms with Gasteiger partial charge in [0.2, 0.25) is 0 Å². The van der Waals surface area contributed by atoms with Gasteiger partial charge in [-0.2, -0.15) is 0 Å². The standard InChI is InChI=1S/C15H16N2O2S2/c1-10-6-3-4-9-13(10)21(18,19)17-12-8-5-7-11(2)14(12)15(16)20/h3-9,17H,1-2H3,(H2,16,20). The number of rotatable bonds is 4. The summed E-state index contributed by atoms with van der Waals surface area (Å²) < 4.78 is 27.6. The number of nitrogens with two attached hydrogens (primary N) is 1. The zero-order valence-corrected chi connectivity index (χ0v) is 13.4. The third kappa shape index (κ3) is 3.22. The van der Waals surface area contributed by atoms with Gasteiger partial charge < -0.3 is 5.73 Å². The highest BCUT2D eigenvalue weighted by molar-refractivity contribution is 7.92. The molecule has 0 aromatic heterocycles. The molecule has 2 aromatic rings. The van der Waals surface area contributed by atoms with E-state index in [9.17, 15) is 8.42 Å². The van der Waals surface area contributed by atoms with Crippen molar-refractivity contribution in [2.75, 3.05) is 4.72 Å². The van der Waals surface area contributed by atoms with E-state index in [-0.39, 0.29) is 9.88 Å². The lowest BCUT2D eigenvalue weighted by Gasteiger charge is -2.14. The average molecular weight is 320 g/mol. The molecule has 0 atom stereocenters. The van der Waals surface area contributed by atoms with Gasteiger partial charge in [0, 0.05) is 5.56 Å². The first-order valence-corrected chi connectivity index (χ1v) is 8.20. The van der Waals surface area contributed by atoms with Gasteiger partial charge in [0.25, 0.3) is 10.0 Å². The van der Waals surface area contributed by atoms with Gasteiger partial charge >= 0.3 is 0 Å². The van der Waals surface area contributed by atoms with Crippen molar-refractivity contribution in [2.45, 2.75) is 18.7 Å². The van der Waals surface area contributed by atoms with Gasteiger partial charge in [-0.05, 0) is 37.1 Å². The van der Waals surface area contributed by atoms with Gasteiger partial charge in [0.1, 0.15) is 4.99 Å². The van der Waals surface area contributed by atoms with Crippen molar-refractivity contribution in [3.05, 3.63) is 59.2 Å². The zero-order chi connectivity index (χ0) is 15.6. The molecule has 0 aliphatic heterocycles. The van der Waals surface area contributed by atoms with Crippen LogP contribution < -0.4 is 10.5 Å². The summed E-state index contributed by atoms with van der Waals surface area (Å²) in [5, 5.41) is 0. The summed E-state index contributed by atoms with van der Waals surface area (Å²) in [6.45, 7) is 3.58. The Morgan fingerprint density at radius 2 is 1.67 bits per heavy atom. The molecule has 2 rings (SSSR count). The highest BCUT2D eigenvalue weighted by Gasteiger charge is 2.19. The maximum absolute atomic E-state index is 12.5. The first kappa shape index (κ1) is 15.5. The topological polar surface area (TPSA) is 72.2 Å². The molecule has 0 bridgehead atoms. The van der Waals surface area contributed by atoms with Crippen molar-refractivity contribution in [3.63, 3.8) is 0 Å². The largest absolute Gasteiger partial charge is 0.389 e. The lowest BCUT2D eigenvalue weighted by Crippen LogP contribution is -2.19. The van der Waals surface area contributed by atoms with Crippen LogP contribution in [-0.2, 0) is 10.0 Å². The fourth-order valence-corrected chi connectivity index (χ4v) is 3.73. The number of hydrogen-bond donors (Lipinski definition) is 2. The van der Waals surface area contributed by atoms with E-state index < -0.39 is 10.0 Å². The fourth-order valence-electron chi connectivity index (χ4n) is 2.14. The minimum Gasteiger partial charge on any atom is -0.389 e. The van der Waals surface area contributed by atoms with E-state index in [1.165, 1.54) is 0 Å². The van der Waals surface area contributed by atoms with E-state index in [1.54, 1.807) is 43.3 Å². The highest BCUT2D eigenvalue weighted by Crippen LogP contribution is 2.24. The molecule has 0 fully saturated rings. The third-order valence-corrected chi connectivity index (χ3v) is 4.88. The Morgan fingerprint density at radius 1 is 1.05 bits per heavy atom. The fraction of sp³-hybridized carbons (Fsp3) is 0.133. The summed E-state index contributed by atoms with van der Waals surface area (Å²) in [7, 11) is -3.68. The van der Waals surface area contributed by atoms with Crippen molar-refractivity contribution in [2.24, 2.45) is 5.73 Å². The number of hydrogen-bond acceptors (Lipinski definition) is 3. The summed E-state index contributed by atoms with van der Waals surface area (Å²) in [5.41, 5.74) is 8.14. The minimum atomic E-state index is -3.68. The summed E-state index contributed by atoms with van der Waals surface area (Å²) in [4.78, 5) is 0.399. The molecule has 21 heavy (non-hydrogen) atoms. The van der Waals surface area contributed by atoms with Crippen LogP contribution in [0.25, 0.3) is 0 Å². The van der Waals surface area contributed by atoms with Gasteiger partial charge in [-0.25, -0.2) is 8.42 Å². The van der Waals surface area contributed by atoms with Crippen LogP contribution in [0.2, 0.25) is 0 Å². The Balaban J connectivity index is 2.50. The minimum absolute atomic E-state index is 0.163. The molecule has 110 valence electrons. The summed E-state index contributed by atoms with van der Waals surface area (Å²) >= 11 is 5.01. The van der Waals surface area contributed by atoms with E-state index in [2.05, 4.69) is 4.72 Å². The maximum atomic E-state index is 12.5. The number of anilines is 1. The molecule has 0 amide bonds. The van der Waals surface area contributed by atoms with Crippen molar-refractivity contribution < 1.29 is 8.42 Å². The Hall–Kier alpha value is -1.92. The second kappa shape index (κ2) is 5.83. The van der Waals surface area contributed by atoms with Crippen LogP contribution in [0.5, 0.6) is 0 Å². The molecule has 0 aliphatic rings. The average Bonchev–Trinajstić information content (AvgIpc) is 2.38. The number of sulfonamides is 1. The Labute approximate surface area is 130 Å². The van der Waals surface area contributed by atoms with Crippen molar-refractivity contribution in [3.8, 4) is 0 Å². The van der Waals surface area contributed by atoms with Crippen molar-refractivity contribution in [1.82, 2.24) is 0 Å². The van der Waals surface area contributed by atoms with Crippen LogP contribution in [0.15, 0.2) is 47.4 Å². The molecule has 0 spiro atoms. The number of aryl methyl sites for hydroxylation is 2. The molecule has 6 heteroatoms. The van der Waals surface area contributed by atoms with Gasteiger partial charge in [0.05, 0.1) is 10.6 Å². The number of nitrogens with one attached hydrogen (secondary N) is 1. The van der Waals surface area contributed by atoms with Crippen LogP contribution in [-0.4, -0.2) is 13.4 Å². The highest BCUT2D eigenvalue weighted by atomic mass is 32.2. The molecule has 0 heterocycles. The van der Waals surface area contributed by atoms with Gasteiger partial charge in [-0.15, -0.1) is 0 Å². The smallest absolute Gasteiger partial charge is 0.262 e. The molecule has 3 N–H and O–H groups in total. The zero-order valence-electron chi connectivity index (χ0n) is 11.8. The molecule has 0 saturated carbocycles. The van der Waals surface area contributed by atoms with Gasteiger partial charge in [-0.1, -0.05) is 42.5 Å². The Kier molecular flexibility index (Phi) is 4.29. The number of benzene rings is 2. The predicted octanol–water partition coefficient (Wildman–Crippen LogP) is 2.74. The molecule has 0 saturated heterocycles. The maximum Gasteiger partial charge on any atom is 0.262 e. The molecular weight excluding hydrogens is 304 g/mol. The normalized spacial score (nSPS) is 11.1. The van der Waals surface area contributed by atoms with Crippen LogP contribution in [0.4, 0.5) is 5.69 Å². The van der Waals surface area contributed by atoms with E-state index in [0.717, 1.165) is 5.56 Å². The molecular formula is C15H16N2O2S2. The Morgan fingerprint density at radius 3 is 2.29 bits per heavy atom. The molecule has 4 nitrogen and oxygen atoms in total. The predicted molar refractivity (Wildman–Crippen MR) is 89.1 cm³/mol. The monoisotopic (exact) mass is 320 g/mol. The second-order valence-electron chi connectivity index (χ2n) is 4.73. The second-order valence-corrected chi connectivity index (χ2v) is 6.82. The molecule has 2 aromatic carbocycles. The summed E-state index contributed by atoms with van der Waals surface area (Å²) in [6.07, 6.45) is 0. The first-order chi connectivity index (χ1) is 9.83. The van der Waals surface area contributed by atoms with Crippen LogP contribution in [0.3, 0.4) is 0 Å². The summed E-state index contributed by atoms with van der Waals surface area (Å²) in [5.74, 6) is 0. The van der Waals surface area contributed by atoms with E-state index in [0.29, 0.717) is 16.8 Å². The van der Waals surface area contributed by atoms with Crippen molar-refractivity contribution in [1.29, 1.82) is 0 Å². The molecule has 0 radical (unpaired) electrons. The number of thiocarbonyl (C=S) groups is 1. The van der Waals surface area contributed by atoms with Gasteiger partial charge in [-0.3, -0.25) is 4.72 Å². The molecule has 0 aliphatic carbocycles.